The van der Waals surface area contributed by atoms with Gasteiger partial charge in [-0.25, -0.2) is 0 Å². The van der Waals surface area contributed by atoms with Gasteiger partial charge in [0.15, 0.2) is 0 Å². The first-order valence-electron chi connectivity index (χ1n) is 10.1. The van der Waals surface area contributed by atoms with Crippen LogP contribution in [0.5, 0.6) is 0 Å². The number of benzene rings is 1. The molecule has 0 N–H and O–H groups in total. The average molecular weight is 386 g/mol. The lowest BCUT2D eigenvalue weighted by molar-refractivity contribution is -0.157. The molecule has 7 heteroatoms. The highest BCUT2D eigenvalue weighted by Gasteiger charge is 2.33. The summed E-state index contributed by atoms with van der Waals surface area (Å²) < 4.78 is 0. The summed E-state index contributed by atoms with van der Waals surface area (Å²) >= 11 is 0. The molecule has 0 aliphatic carbocycles. The van der Waals surface area contributed by atoms with Crippen molar-refractivity contribution in [1.82, 2.24) is 19.6 Å². The molecular formula is C21H30N4O3. The van der Waals surface area contributed by atoms with Crippen molar-refractivity contribution >= 4 is 17.7 Å². The van der Waals surface area contributed by atoms with Gasteiger partial charge in [0.05, 0.1) is 0 Å². The SMILES string of the molecule is CCN1CCN(C(=O)c2ccc(CN3CCN(C(C)C)C(=O)C3=O)cc2)CC1. The molecule has 0 radical (unpaired) electrons. The first kappa shape index (κ1) is 20.3. The number of carbonyl (C=O) groups is 3. The van der Waals surface area contributed by atoms with Gasteiger partial charge in [-0.2, -0.15) is 0 Å². The molecule has 7 nitrogen and oxygen atoms in total. The Morgan fingerprint density at radius 3 is 2.14 bits per heavy atom. The fourth-order valence-electron chi connectivity index (χ4n) is 3.76. The summed E-state index contributed by atoms with van der Waals surface area (Å²) in [6, 6.07) is 7.42. The van der Waals surface area contributed by atoms with E-state index < -0.39 is 11.8 Å². The number of rotatable bonds is 5. The topological polar surface area (TPSA) is 64.2 Å². The van der Waals surface area contributed by atoms with E-state index in [1.165, 1.54) is 0 Å². The van der Waals surface area contributed by atoms with Gasteiger partial charge < -0.3 is 19.6 Å². The predicted molar refractivity (Wildman–Crippen MR) is 107 cm³/mol. The van der Waals surface area contributed by atoms with Crippen LogP contribution in [0.25, 0.3) is 0 Å². The predicted octanol–water partition coefficient (Wildman–Crippen LogP) is 1.04. The van der Waals surface area contributed by atoms with Crippen molar-refractivity contribution in [3.63, 3.8) is 0 Å². The van der Waals surface area contributed by atoms with Gasteiger partial charge in [-0.15, -0.1) is 0 Å². The van der Waals surface area contributed by atoms with Crippen LogP contribution < -0.4 is 0 Å². The van der Waals surface area contributed by atoms with Crippen molar-refractivity contribution in [2.24, 2.45) is 0 Å². The Morgan fingerprint density at radius 1 is 0.929 bits per heavy atom. The molecule has 3 amide bonds. The Morgan fingerprint density at radius 2 is 1.57 bits per heavy atom. The van der Waals surface area contributed by atoms with E-state index in [1.54, 1.807) is 9.80 Å². The van der Waals surface area contributed by atoms with Gasteiger partial charge in [-0.3, -0.25) is 14.4 Å². The minimum absolute atomic E-state index is 0.0306. The second-order valence-electron chi connectivity index (χ2n) is 7.74. The highest BCUT2D eigenvalue weighted by atomic mass is 16.2. The lowest BCUT2D eigenvalue weighted by Crippen LogP contribution is -2.55. The number of hydrogen-bond donors (Lipinski definition) is 0. The summed E-state index contributed by atoms with van der Waals surface area (Å²) in [7, 11) is 0. The van der Waals surface area contributed by atoms with Gasteiger partial charge in [0, 0.05) is 57.4 Å². The molecule has 2 heterocycles. The van der Waals surface area contributed by atoms with Crippen LogP contribution in [0.2, 0.25) is 0 Å². The van der Waals surface area contributed by atoms with Gasteiger partial charge in [0.1, 0.15) is 0 Å². The third kappa shape index (κ3) is 4.35. The van der Waals surface area contributed by atoms with Crippen molar-refractivity contribution in [2.45, 2.75) is 33.4 Å². The van der Waals surface area contributed by atoms with Crippen LogP contribution >= 0.6 is 0 Å². The molecule has 0 atom stereocenters. The lowest BCUT2D eigenvalue weighted by Gasteiger charge is -2.36. The first-order chi connectivity index (χ1) is 13.4. The van der Waals surface area contributed by atoms with Crippen LogP contribution in [0, 0.1) is 0 Å². The molecule has 0 saturated carbocycles. The van der Waals surface area contributed by atoms with E-state index in [0.29, 0.717) is 25.2 Å². The van der Waals surface area contributed by atoms with Crippen molar-refractivity contribution in [3.8, 4) is 0 Å². The monoisotopic (exact) mass is 386 g/mol. The van der Waals surface area contributed by atoms with E-state index in [0.717, 1.165) is 38.3 Å². The van der Waals surface area contributed by atoms with Crippen LogP contribution in [0.4, 0.5) is 0 Å². The zero-order chi connectivity index (χ0) is 20.3. The molecule has 1 aromatic carbocycles. The van der Waals surface area contributed by atoms with Crippen molar-refractivity contribution < 1.29 is 14.4 Å². The second kappa shape index (κ2) is 8.73. The van der Waals surface area contributed by atoms with E-state index in [-0.39, 0.29) is 11.9 Å². The third-order valence-corrected chi connectivity index (χ3v) is 5.65. The van der Waals surface area contributed by atoms with E-state index in [1.807, 2.05) is 43.0 Å². The maximum atomic E-state index is 12.7. The highest BCUT2D eigenvalue weighted by molar-refractivity contribution is 6.35. The summed E-state index contributed by atoms with van der Waals surface area (Å²) in [4.78, 5) is 44.7. The molecule has 1 aromatic rings. The molecule has 2 aliphatic heterocycles. The normalized spacial score (nSPS) is 18.9. The van der Waals surface area contributed by atoms with Gasteiger partial charge in [-0.1, -0.05) is 19.1 Å². The summed E-state index contributed by atoms with van der Waals surface area (Å²) in [5.74, 6) is -0.827. The zero-order valence-corrected chi connectivity index (χ0v) is 17.1. The first-order valence-corrected chi connectivity index (χ1v) is 10.1. The van der Waals surface area contributed by atoms with E-state index in [9.17, 15) is 14.4 Å². The summed E-state index contributed by atoms with van der Waals surface area (Å²) in [6.45, 7) is 11.8. The van der Waals surface area contributed by atoms with Crippen LogP contribution in [-0.4, -0.2) is 89.2 Å². The third-order valence-electron chi connectivity index (χ3n) is 5.65. The molecule has 3 rings (SSSR count). The fraction of sp³-hybridized carbons (Fsp3) is 0.571. The number of carbonyl (C=O) groups excluding carboxylic acids is 3. The minimum atomic E-state index is -0.450. The standard InChI is InChI=1S/C21H30N4O3/c1-4-22-9-11-23(12-10-22)19(26)18-7-5-17(6-8-18)15-24-13-14-25(16(2)3)21(28)20(24)27/h5-8,16H,4,9-15H2,1-3H3. The molecule has 152 valence electrons. The number of hydrogen-bond acceptors (Lipinski definition) is 4. The Kier molecular flexibility index (Phi) is 6.34. The minimum Gasteiger partial charge on any atom is -0.336 e. The van der Waals surface area contributed by atoms with Gasteiger partial charge in [-0.05, 0) is 38.1 Å². The van der Waals surface area contributed by atoms with Crippen molar-refractivity contribution in [3.05, 3.63) is 35.4 Å². The molecule has 28 heavy (non-hydrogen) atoms. The molecular weight excluding hydrogens is 356 g/mol. The Balaban J connectivity index is 1.58. The molecule has 0 aromatic heterocycles. The zero-order valence-electron chi connectivity index (χ0n) is 17.1. The number of piperazine rings is 2. The number of amides is 3. The van der Waals surface area contributed by atoms with Crippen LogP contribution in [0.1, 0.15) is 36.7 Å². The largest absolute Gasteiger partial charge is 0.336 e. The summed E-state index contributed by atoms with van der Waals surface area (Å²) in [5, 5.41) is 0. The molecule has 0 unspecified atom stereocenters. The van der Waals surface area contributed by atoms with Crippen molar-refractivity contribution in [1.29, 1.82) is 0 Å². The molecule has 2 aliphatic rings. The molecule has 0 bridgehead atoms. The lowest BCUT2D eigenvalue weighted by atomic mass is 10.1. The second-order valence-corrected chi connectivity index (χ2v) is 7.74. The summed E-state index contributed by atoms with van der Waals surface area (Å²) in [6.07, 6.45) is 0. The van der Waals surface area contributed by atoms with Crippen molar-refractivity contribution in [2.75, 3.05) is 45.8 Å². The quantitative estimate of drug-likeness (QED) is 0.710. The van der Waals surface area contributed by atoms with Gasteiger partial charge in [0.2, 0.25) is 0 Å². The van der Waals surface area contributed by atoms with E-state index >= 15 is 0 Å². The smallest absolute Gasteiger partial charge is 0.312 e. The Hall–Kier alpha value is -2.41. The van der Waals surface area contributed by atoms with E-state index in [4.69, 9.17) is 0 Å². The Bertz CT molecular complexity index is 724. The number of likely N-dealkylation sites (N-methyl/N-ethyl adjacent to an activating group) is 1. The maximum Gasteiger partial charge on any atom is 0.312 e. The average Bonchev–Trinajstić information content (AvgIpc) is 2.71. The number of nitrogens with zero attached hydrogens (tertiary/aromatic N) is 4. The highest BCUT2D eigenvalue weighted by Crippen LogP contribution is 2.15. The fourth-order valence-corrected chi connectivity index (χ4v) is 3.76. The maximum absolute atomic E-state index is 12.7. The Labute approximate surface area is 166 Å². The van der Waals surface area contributed by atoms with Gasteiger partial charge in [0.25, 0.3) is 5.91 Å². The molecule has 0 spiro atoms. The van der Waals surface area contributed by atoms with Crippen LogP contribution in [0.3, 0.4) is 0 Å². The molecule has 2 saturated heterocycles. The van der Waals surface area contributed by atoms with E-state index in [2.05, 4.69) is 11.8 Å². The van der Waals surface area contributed by atoms with Crippen LogP contribution in [0.15, 0.2) is 24.3 Å². The summed E-state index contributed by atoms with van der Waals surface area (Å²) in [5.41, 5.74) is 1.59. The van der Waals surface area contributed by atoms with Crippen LogP contribution in [-0.2, 0) is 16.1 Å². The van der Waals surface area contributed by atoms with Gasteiger partial charge >= 0.3 is 11.8 Å². The molecule has 2 fully saturated rings.